The number of carbonyl (C=O) groups excluding carboxylic acids is 1. The summed E-state index contributed by atoms with van der Waals surface area (Å²) in [6.45, 7) is 7.19. The molecule has 0 aliphatic rings. The highest BCUT2D eigenvalue weighted by Gasteiger charge is 2.08. The number of allylic oxidation sites excluding steroid dienone is 1. The van der Waals surface area contributed by atoms with Gasteiger partial charge in [0, 0.05) is 25.3 Å². The highest BCUT2D eigenvalue weighted by Crippen LogP contribution is 2.28. The average molecular weight is 395 g/mol. The lowest BCUT2D eigenvalue weighted by molar-refractivity contribution is -0.143. The van der Waals surface area contributed by atoms with E-state index in [-0.39, 0.29) is 12.1 Å². The Morgan fingerprint density at radius 1 is 1.00 bits per heavy atom. The molecule has 0 spiro atoms. The van der Waals surface area contributed by atoms with E-state index >= 15 is 0 Å². The molecule has 0 bridgehead atoms. The molecule has 0 N–H and O–H groups in total. The van der Waals surface area contributed by atoms with Crippen molar-refractivity contribution in [3.05, 3.63) is 72.3 Å². The van der Waals surface area contributed by atoms with Gasteiger partial charge < -0.3 is 4.74 Å². The second-order valence-electron chi connectivity index (χ2n) is 7.44. The van der Waals surface area contributed by atoms with Crippen LogP contribution in [0.1, 0.15) is 45.1 Å². The molecule has 0 fully saturated rings. The predicted molar refractivity (Wildman–Crippen MR) is 125 cm³/mol. The van der Waals surface area contributed by atoms with Gasteiger partial charge in [0.15, 0.2) is 6.10 Å². The van der Waals surface area contributed by atoms with Gasteiger partial charge in [0.1, 0.15) is 0 Å². The summed E-state index contributed by atoms with van der Waals surface area (Å²) in [7, 11) is 0. The highest BCUT2D eigenvalue weighted by molar-refractivity contribution is 6.09. The van der Waals surface area contributed by atoms with Gasteiger partial charge in [-0.25, -0.2) is 0 Å². The van der Waals surface area contributed by atoms with E-state index in [4.69, 9.17) is 4.74 Å². The number of benzene rings is 3. The molecule has 2 nitrogen and oxygen atoms in total. The molecule has 0 aliphatic carbocycles. The molecule has 3 aromatic rings. The summed E-state index contributed by atoms with van der Waals surface area (Å²) in [6.07, 6.45) is 2.45. The molecular weight excluding hydrogens is 368 g/mol. The minimum atomic E-state index is -0.384. The molecule has 0 saturated carbocycles. The molecule has 1 atom stereocenters. The molecule has 150 valence electrons. The van der Waals surface area contributed by atoms with Crippen LogP contribution in [0.5, 0.6) is 0 Å². The molecular formula is C28H26O2. The number of fused-ring (bicyclic) bond motifs is 3. The summed E-state index contributed by atoms with van der Waals surface area (Å²) < 4.78 is 5.31. The van der Waals surface area contributed by atoms with Crippen LogP contribution < -0.4 is 0 Å². The Morgan fingerprint density at radius 3 is 2.43 bits per heavy atom. The first kappa shape index (κ1) is 21.2. The molecule has 0 heterocycles. The van der Waals surface area contributed by atoms with Gasteiger partial charge >= 0.3 is 5.97 Å². The van der Waals surface area contributed by atoms with Crippen molar-refractivity contribution in [2.24, 2.45) is 0 Å². The Balaban J connectivity index is 1.71. The van der Waals surface area contributed by atoms with Gasteiger partial charge in [-0.05, 0) is 47.4 Å². The minimum Gasteiger partial charge on any atom is -0.449 e. The van der Waals surface area contributed by atoms with E-state index in [9.17, 15) is 4.79 Å². The summed E-state index contributed by atoms with van der Waals surface area (Å²) in [5.41, 5.74) is 2.04. The fourth-order valence-electron chi connectivity index (χ4n) is 3.37. The summed E-state index contributed by atoms with van der Waals surface area (Å²) in [6, 6.07) is 19.0. The van der Waals surface area contributed by atoms with E-state index in [0.29, 0.717) is 12.8 Å². The summed E-state index contributed by atoms with van der Waals surface area (Å²) >= 11 is 0. The lowest BCUT2D eigenvalue weighted by atomic mass is 9.97. The third-order valence-corrected chi connectivity index (χ3v) is 4.72. The van der Waals surface area contributed by atoms with Crippen LogP contribution in [0.3, 0.4) is 0 Å². The topological polar surface area (TPSA) is 26.3 Å². The van der Waals surface area contributed by atoms with Gasteiger partial charge in [-0.1, -0.05) is 84.4 Å². The first-order valence-electron chi connectivity index (χ1n) is 10.2. The summed E-state index contributed by atoms with van der Waals surface area (Å²) in [4.78, 5) is 11.3. The van der Waals surface area contributed by atoms with Crippen LogP contribution >= 0.6 is 0 Å². The summed E-state index contributed by atoms with van der Waals surface area (Å²) in [5, 5.41) is 4.84. The standard InChI is InChI=1S/C28H26O2/c1-21(2)12-11-16-25(30-22(3)29)15-6-4-5-13-23-20-24-14-7-8-17-26(24)28-19-10-9-18-27(23)28/h7-10,14,17-20,25H,1,4,6,12,15H2,2-3H3. The Kier molecular flexibility index (Phi) is 7.31. The van der Waals surface area contributed by atoms with Crippen molar-refractivity contribution < 1.29 is 9.53 Å². The van der Waals surface area contributed by atoms with Gasteiger partial charge in [-0.3, -0.25) is 4.79 Å². The van der Waals surface area contributed by atoms with E-state index in [2.05, 4.69) is 84.9 Å². The smallest absolute Gasteiger partial charge is 0.303 e. The van der Waals surface area contributed by atoms with Crippen LogP contribution in [0.25, 0.3) is 21.5 Å². The predicted octanol–water partition coefficient (Wildman–Crippen LogP) is 6.42. The van der Waals surface area contributed by atoms with Crippen molar-refractivity contribution in [2.75, 3.05) is 0 Å². The van der Waals surface area contributed by atoms with Crippen LogP contribution in [0.4, 0.5) is 0 Å². The van der Waals surface area contributed by atoms with Crippen molar-refractivity contribution in [3.8, 4) is 23.7 Å². The summed E-state index contributed by atoms with van der Waals surface area (Å²) in [5.74, 6) is 12.4. The lowest BCUT2D eigenvalue weighted by Gasteiger charge is -2.09. The number of ether oxygens (including phenoxy) is 1. The molecule has 0 saturated heterocycles. The lowest BCUT2D eigenvalue weighted by Crippen LogP contribution is -2.14. The number of hydrogen-bond donors (Lipinski definition) is 0. The molecule has 1 unspecified atom stereocenters. The number of hydrogen-bond acceptors (Lipinski definition) is 2. The molecule has 3 rings (SSSR count). The van der Waals surface area contributed by atoms with Gasteiger partial charge in [0.25, 0.3) is 0 Å². The molecule has 2 heteroatoms. The molecule has 3 aromatic carbocycles. The Labute approximate surface area is 178 Å². The van der Waals surface area contributed by atoms with E-state index in [1.165, 1.54) is 28.5 Å². The molecule has 30 heavy (non-hydrogen) atoms. The quantitative estimate of drug-likeness (QED) is 0.164. The molecule has 0 aliphatic heterocycles. The maximum Gasteiger partial charge on any atom is 0.303 e. The molecule has 0 radical (unpaired) electrons. The van der Waals surface area contributed by atoms with Crippen LogP contribution in [0.15, 0.2) is 66.7 Å². The number of esters is 1. The molecule has 0 aromatic heterocycles. The van der Waals surface area contributed by atoms with Crippen LogP contribution in [-0.2, 0) is 9.53 Å². The normalized spacial score (nSPS) is 11.1. The SMILES string of the molecule is C=C(C)CC#CC(CCCC#Cc1cc2ccccc2c2ccccc12)OC(C)=O. The average Bonchev–Trinajstić information content (AvgIpc) is 2.72. The second kappa shape index (κ2) is 10.3. The van der Waals surface area contributed by atoms with Crippen molar-refractivity contribution in [1.29, 1.82) is 0 Å². The van der Waals surface area contributed by atoms with Crippen molar-refractivity contribution in [1.82, 2.24) is 0 Å². The molecule has 0 amide bonds. The third kappa shape index (κ3) is 5.76. The van der Waals surface area contributed by atoms with Crippen LogP contribution in [0.2, 0.25) is 0 Å². The zero-order valence-electron chi connectivity index (χ0n) is 17.6. The largest absolute Gasteiger partial charge is 0.449 e. The van der Waals surface area contributed by atoms with Crippen LogP contribution in [0, 0.1) is 23.7 Å². The van der Waals surface area contributed by atoms with Crippen molar-refractivity contribution >= 4 is 27.5 Å². The minimum absolute atomic E-state index is 0.307. The number of unbranched alkanes of at least 4 members (excludes halogenated alkanes) is 1. The van der Waals surface area contributed by atoms with E-state index in [1.54, 1.807) is 0 Å². The second-order valence-corrected chi connectivity index (χ2v) is 7.44. The third-order valence-electron chi connectivity index (χ3n) is 4.72. The monoisotopic (exact) mass is 394 g/mol. The van der Waals surface area contributed by atoms with Gasteiger partial charge in [-0.2, -0.15) is 0 Å². The van der Waals surface area contributed by atoms with E-state index in [0.717, 1.165) is 24.0 Å². The highest BCUT2D eigenvalue weighted by atomic mass is 16.5. The van der Waals surface area contributed by atoms with Gasteiger partial charge in [-0.15, -0.1) is 0 Å². The van der Waals surface area contributed by atoms with E-state index < -0.39 is 0 Å². The first-order valence-corrected chi connectivity index (χ1v) is 10.2. The maximum atomic E-state index is 11.3. The van der Waals surface area contributed by atoms with Crippen molar-refractivity contribution in [2.45, 2.75) is 45.6 Å². The Bertz CT molecular complexity index is 1200. The Hall–Kier alpha value is -3.49. The first-order chi connectivity index (χ1) is 14.5. The van der Waals surface area contributed by atoms with Gasteiger partial charge in [0.05, 0.1) is 0 Å². The number of rotatable bonds is 5. The maximum absolute atomic E-state index is 11.3. The zero-order chi connectivity index (χ0) is 21.3. The van der Waals surface area contributed by atoms with Crippen molar-refractivity contribution in [3.63, 3.8) is 0 Å². The fraction of sp³-hybridized carbons (Fsp3) is 0.250. The van der Waals surface area contributed by atoms with E-state index in [1.807, 2.05) is 6.92 Å². The number of carbonyl (C=O) groups is 1. The van der Waals surface area contributed by atoms with Crippen LogP contribution in [-0.4, -0.2) is 12.1 Å². The van der Waals surface area contributed by atoms with Gasteiger partial charge in [0.2, 0.25) is 0 Å². The fourth-order valence-corrected chi connectivity index (χ4v) is 3.37. The Morgan fingerprint density at radius 2 is 1.70 bits per heavy atom. The zero-order valence-corrected chi connectivity index (χ0v) is 17.6.